The van der Waals surface area contributed by atoms with Gasteiger partial charge in [-0.05, 0) is 53.6 Å². The van der Waals surface area contributed by atoms with Crippen LogP contribution in [-0.2, 0) is 4.79 Å². The first-order chi connectivity index (χ1) is 13.0. The molecule has 2 heterocycles. The quantitative estimate of drug-likeness (QED) is 0.637. The van der Waals surface area contributed by atoms with Crippen LogP contribution in [-0.4, -0.2) is 36.5 Å². The lowest BCUT2D eigenvalue weighted by Gasteiger charge is -2.27. The van der Waals surface area contributed by atoms with Gasteiger partial charge in [0.2, 0.25) is 0 Å². The van der Waals surface area contributed by atoms with Crippen LogP contribution < -0.4 is 5.73 Å². The molecule has 2 aliphatic rings. The van der Waals surface area contributed by atoms with E-state index in [1.165, 1.54) is 12.1 Å². The van der Waals surface area contributed by atoms with Gasteiger partial charge in [0.15, 0.2) is 0 Å². The van der Waals surface area contributed by atoms with Gasteiger partial charge >= 0.3 is 0 Å². The van der Waals surface area contributed by atoms with Crippen LogP contribution in [0.15, 0.2) is 59.2 Å². The van der Waals surface area contributed by atoms with Crippen LogP contribution in [0.2, 0.25) is 5.02 Å². The van der Waals surface area contributed by atoms with E-state index in [2.05, 4.69) is 0 Å². The summed E-state index contributed by atoms with van der Waals surface area (Å²) in [6.45, 7) is 0.406. The van der Waals surface area contributed by atoms with E-state index in [0.717, 1.165) is 34.1 Å². The topological polar surface area (TPSA) is 58.7 Å². The molecule has 1 unspecified atom stereocenters. The highest BCUT2D eigenvalue weighted by atomic mass is 35.5. The molecule has 0 spiro atoms. The summed E-state index contributed by atoms with van der Waals surface area (Å²) in [7, 11) is 1.85. The monoisotopic (exact) mass is 381 g/mol. The fourth-order valence-electron chi connectivity index (χ4n) is 3.41. The SMILES string of the molecule is CN1C=C2C(=CC1C=O)CN=C(c1ccc(F)cc1)c1cc(Cl)c(N)cc12. The first-order valence-electron chi connectivity index (χ1n) is 8.48. The Hall–Kier alpha value is -2.92. The van der Waals surface area contributed by atoms with Crippen LogP contribution in [0.3, 0.4) is 0 Å². The van der Waals surface area contributed by atoms with Crippen molar-refractivity contribution in [2.45, 2.75) is 6.04 Å². The molecule has 2 aromatic rings. The summed E-state index contributed by atoms with van der Waals surface area (Å²) in [5.74, 6) is -0.307. The zero-order valence-electron chi connectivity index (χ0n) is 14.6. The van der Waals surface area contributed by atoms with Crippen molar-refractivity contribution in [3.05, 3.63) is 81.8 Å². The van der Waals surface area contributed by atoms with Gasteiger partial charge in [0.1, 0.15) is 18.1 Å². The molecule has 0 radical (unpaired) electrons. The second-order valence-corrected chi connectivity index (χ2v) is 7.03. The number of hydrogen-bond donors (Lipinski definition) is 1. The van der Waals surface area contributed by atoms with Crippen molar-refractivity contribution >= 4 is 34.9 Å². The van der Waals surface area contributed by atoms with E-state index in [0.29, 0.717) is 23.0 Å². The first kappa shape index (κ1) is 17.5. The molecule has 2 aromatic carbocycles. The molecule has 6 heteroatoms. The lowest BCUT2D eigenvalue weighted by atomic mass is 9.89. The summed E-state index contributed by atoms with van der Waals surface area (Å²) in [6, 6.07) is 9.49. The second-order valence-electron chi connectivity index (χ2n) is 6.62. The standard InChI is InChI=1S/C21H17ClFN3O/c1-26-10-18-13(6-15(26)11-27)9-25-21(12-2-4-14(23)5-3-12)17-7-19(22)20(24)8-16(17)18/h2-8,10-11,15H,9,24H2,1H3. The van der Waals surface area contributed by atoms with Gasteiger partial charge in [0.25, 0.3) is 0 Å². The number of carbonyl (C=O) groups excluding carboxylic acids is 1. The van der Waals surface area contributed by atoms with Gasteiger partial charge in [0.05, 0.1) is 23.0 Å². The maximum atomic E-state index is 13.4. The molecule has 0 aromatic heterocycles. The summed E-state index contributed by atoms with van der Waals surface area (Å²) in [6.07, 6.45) is 4.74. The van der Waals surface area contributed by atoms with Crippen molar-refractivity contribution in [2.75, 3.05) is 19.3 Å². The fraction of sp³-hybridized carbons (Fsp3) is 0.143. The Kier molecular flexibility index (Phi) is 4.32. The van der Waals surface area contributed by atoms with Crippen molar-refractivity contribution < 1.29 is 9.18 Å². The van der Waals surface area contributed by atoms with Crippen LogP contribution in [0.1, 0.15) is 16.7 Å². The van der Waals surface area contributed by atoms with Crippen LogP contribution in [0.4, 0.5) is 10.1 Å². The molecule has 0 fully saturated rings. The molecular weight excluding hydrogens is 365 g/mol. The molecule has 2 aliphatic heterocycles. The molecule has 136 valence electrons. The molecule has 2 N–H and O–H groups in total. The molecule has 1 atom stereocenters. The number of nitrogen functional groups attached to an aromatic ring is 1. The Labute approximate surface area is 161 Å². The third-order valence-corrected chi connectivity index (χ3v) is 5.19. The van der Waals surface area contributed by atoms with Crippen molar-refractivity contribution in [3.8, 4) is 0 Å². The third kappa shape index (κ3) is 3.04. The van der Waals surface area contributed by atoms with Crippen molar-refractivity contribution in [3.63, 3.8) is 0 Å². The Morgan fingerprint density at radius 3 is 2.70 bits per heavy atom. The number of aldehydes is 1. The Morgan fingerprint density at radius 1 is 1.26 bits per heavy atom. The Balaban J connectivity index is 1.96. The van der Waals surface area contributed by atoms with Crippen LogP contribution >= 0.6 is 11.6 Å². The molecule has 4 rings (SSSR count). The zero-order chi connectivity index (χ0) is 19.1. The average Bonchev–Trinajstić information content (AvgIpc) is 2.79. The van der Waals surface area contributed by atoms with E-state index in [4.69, 9.17) is 22.3 Å². The molecule has 0 saturated heterocycles. The highest BCUT2D eigenvalue weighted by Crippen LogP contribution is 2.37. The smallest absolute Gasteiger partial charge is 0.146 e. The van der Waals surface area contributed by atoms with Crippen molar-refractivity contribution in [1.29, 1.82) is 0 Å². The Morgan fingerprint density at radius 2 is 2.00 bits per heavy atom. The molecule has 0 bridgehead atoms. The maximum absolute atomic E-state index is 13.4. The first-order valence-corrected chi connectivity index (χ1v) is 8.86. The van der Waals surface area contributed by atoms with Crippen LogP contribution in [0.25, 0.3) is 5.57 Å². The highest BCUT2D eigenvalue weighted by molar-refractivity contribution is 6.34. The van der Waals surface area contributed by atoms with Gasteiger partial charge < -0.3 is 15.4 Å². The van der Waals surface area contributed by atoms with E-state index >= 15 is 0 Å². The average molecular weight is 382 g/mol. The minimum absolute atomic E-state index is 0.307. The number of hydrogen-bond acceptors (Lipinski definition) is 4. The fourth-order valence-corrected chi connectivity index (χ4v) is 3.58. The van der Waals surface area contributed by atoms with E-state index < -0.39 is 0 Å². The number of nitrogens with zero attached hydrogens (tertiary/aromatic N) is 2. The van der Waals surface area contributed by atoms with Gasteiger partial charge in [-0.3, -0.25) is 4.99 Å². The summed E-state index contributed by atoms with van der Waals surface area (Å²) >= 11 is 6.30. The van der Waals surface area contributed by atoms with Gasteiger partial charge in [-0.2, -0.15) is 0 Å². The predicted octanol–water partition coefficient (Wildman–Crippen LogP) is 3.69. The van der Waals surface area contributed by atoms with Gasteiger partial charge in [-0.1, -0.05) is 11.6 Å². The molecule has 0 saturated carbocycles. The summed E-state index contributed by atoms with van der Waals surface area (Å²) in [4.78, 5) is 18.0. The number of carbonyl (C=O) groups is 1. The van der Waals surface area contributed by atoms with Gasteiger partial charge in [-0.25, -0.2) is 4.39 Å². The largest absolute Gasteiger partial charge is 0.398 e. The summed E-state index contributed by atoms with van der Waals surface area (Å²) < 4.78 is 13.4. The van der Waals surface area contributed by atoms with E-state index in [-0.39, 0.29) is 11.9 Å². The van der Waals surface area contributed by atoms with Gasteiger partial charge in [0, 0.05) is 29.9 Å². The molecular formula is C21H17ClFN3O. The normalized spacial score (nSPS) is 18.6. The summed E-state index contributed by atoms with van der Waals surface area (Å²) in [5.41, 5.74) is 11.7. The van der Waals surface area contributed by atoms with Crippen LogP contribution in [0.5, 0.6) is 0 Å². The zero-order valence-corrected chi connectivity index (χ0v) is 15.4. The number of aliphatic imine (C=N–C) groups is 1. The molecule has 0 amide bonds. The number of halogens is 2. The number of fused-ring (bicyclic) bond motifs is 3. The molecule has 4 nitrogen and oxygen atoms in total. The van der Waals surface area contributed by atoms with Crippen LogP contribution in [0, 0.1) is 5.82 Å². The summed E-state index contributed by atoms with van der Waals surface area (Å²) in [5, 5.41) is 0.437. The number of nitrogens with two attached hydrogens (primary N) is 1. The number of rotatable bonds is 2. The van der Waals surface area contributed by atoms with Gasteiger partial charge in [-0.15, -0.1) is 0 Å². The molecule has 27 heavy (non-hydrogen) atoms. The predicted molar refractivity (Wildman–Crippen MR) is 106 cm³/mol. The minimum Gasteiger partial charge on any atom is -0.398 e. The number of likely N-dealkylation sites (N-methyl/N-ethyl adjacent to an activating group) is 1. The lowest BCUT2D eigenvalue weighted by Crippen LogP contribution is -2.30. The highest BCUT2D eigenvalue weighted by Gasteiger charge is 2.26. The van der Waals surface area contributed by atoms with Crippen molar-refractivity contribution in [1.82, 2.24) is 4.90 Å². The second kappa shape index (κ2) is 6.67. The number of anilines is 1. The Bertz CT molecular complexity index is 1020. The maximum Gasteiger partial charge on any atom is 0.146 e. The van der Waals surface area contributed by atoms with E-state index in [9.17, 15) is 9.18 Å². The van der Waals surface area contributed by atoms with E-state index in [1.807, 2.05) is 30.3 Å². The number of benzene rings is 2. The third-order valence-electron chi connectivity index (χ3n) is 4.87. The minimum atomic E-state index is -0.334. The lowest BCUT2D eigenvalue weighted by molar-refractivity contribution is -0.110. The van der Waals surface area contributed by atoms with E-state index in [1.54, 1.807) is 18.2 Å². The molecule has 0 aliphatic carbocycles. The van der Waals surface area contributed by atoms with Crippen molar-refractivity contribution in [2.24, 2.45) is 4.99 Å².